The molecular weight excluding hydrogens is 504 g/mol. The highest BCUT2D eigenvalue weighted by Gasteiger charge is 2.57. The summed E-state index contributed by atoms with van der Waals surface area (Å²) in [6.07, 6.45) is -2.23. The molecule has 11 nitrogen and oxygen atoms in total. The highest BCUT2D eigenvalue weighted by molar-refractivity contribution is 8.00. The summed E-state index contributed by atoms with van der Waals surface area (Å²) in [4.78, 5) is 61.2. The zero-order valence-electron chi connectivity index (χ0n) is 19.6. The third kappa shape index (κ3) is 5.64. The molecule has 0 saturated carbocycles. The van der Waals surface area contributed by atoms with Gasteiger partial charge < -0.3 is 14.2 Å². The Balaban J connectivity index is 1.35. The number of nitrogens with zero attached hydrogens (tertiary/aromatic N) is 2. The fourth-order valence-corrected chi connectivity index (χ4v) is 5.33. The Morgan fingerprint density at radius 3 is 2.41 bits per heavy atom. The molecule has 12 heteroatoms. The molecule has 0 aromatic heterocycles. The first kappa shape index (κ1) is 25.9. The van der Waals surface area contributed by atoms with Crippen LogP contribution < -0.4 is 0 Å². The largest absolute Gasteiger partial charge is 0.509 e. The van der Waals surface area contributed by atoms with Gasteiger partial charge in [0.2, 0.25) is 5.91 Å². The van der Waals surface area contributed by atoms with Gasteiger partial charge in [-0.25, -0.2) is 9.59 Å². The van der Waals surface area contributed by atoms with Gasteiger partial charge in [0.05, 0.1) is 10.3 Å². The Morgan fingerprint density at radius 1 is 1.11 bits per heavy atom. The van der Waals surface area contributed by atoms with Crippen LogP contribution in [0.3, 0.4) is 0 Å². The van der Waals surface area contributed by atoms with Crippen molar-refractivity contribution in [3.63, 3.8) is 0 Å². The number of carbonyl (C=O) groups is 4. The molecule has 2 aromatic rings. The lowest BCUT2D eigenvalue weighted by molar-refractivity contribution is -0.384. The lowest BCUT2D eigenvalue weighted by Crippen LogP contribution is -2.65. The number of hydrogen-bond donors (Lipinski definition) is 0. The van der Waals surface area contributed by atoms with Gasteiger partial charge in [-0.15, -0.1) is 11.8 Å². The van der Waals surface area contributed by atoms with Crippen LogP contribution in [0.15, 0.2) is 65.9 Å². The van der Waals surface area contributed by atoms with Gasteiger partial charge in [-0.2, -0.15) is 0 Å². The van der Waals surface area contributed by atoms with Crippen LogP contribution in [0.4, 0.5) is 10.5 Å². The number of esters is 1. The summed E-state index contributed by atoms with van der Waals surface area (Å²) < 4.78 is 15.5. The fraction of sp³-hybridized carbons (Fsp3) is 0.280. The van der Waals surface area contributed by atoms with E-state index in [0.29, 0.717) is 23.2 Å². The molecular formula is C25H22N2O9S. The second-order valence-electron chi connectivity index (χ2n) is 8.31. The van der Waals surface area contributed by atoms with Crippen LogP contribution in [-0.4, -0.2) is 51.4 Å². The van der Waals surface area contributed by atoms with Crippen LogP contribution in [0, 0.1) is 16.0 Å². The average molecular weight is 527 g/mol. The molecule has 3 atom stereocenters. The lowest BCUT2D eigenvalue weighted by Gasteiger charge is -2.50. The van der Waals surface area contributed by atoms with Gasteiger partial charge in [0.15, 0.2) is 12.4 Å². The second-order valence-corrected chi connectivity index (χ2v) is 9.41. The van der Waals surface area contributed by atoms with E-state index in [4.69, 9.17) is 14.2 Å². The third-order valence-corrected chi connectivity index (χ3v) is 7.28. The van der Waals surface area contributed by atoms with Crippen LogP contribution in [0.25, 0.3) is 0 Å². The molecule has 2 heterocycles. The van der Waals surface area contributed by atoms with Crippen molar-refractivity contribution in [2.45, 2.75) is 31.6 Å². The predicted octanol–water partition coefficient (Wildman–Crippen LogP) is 3.36. The van der Waals surface area contributed by atoms with Crippen LogP contribution >= 0.6 is 11.8 Å². The van der Waals surface area contributed by atoms with Crippen molar-refractivity contribution < 1.29 is 38.3 Å². The molecule has 2 aromatic carbocycles. The van der Waals surface area contributed by atoms with Gasteiger partial charge in [0.25, 0.3) is 5.69 Å². The van der Waals surface area contributed by atoms with Crippen molar-refractivity contribution in [2.75, 3.05) is 5.75 Å². The fourth-order valence-electron chi connectivity index (χ4n) is 3.94. The molecule has 1 unspecified atom stereocenters. The molecule has 2 aliphatic rings. The Hall–Kier alpha value is -4.19. The second kappa shape index (κ2) is 11.2. The number of benzene rings is 2. The monoisotopic (exact) mass is 526 g/mol. The number of nitro groups is 1. The highest BCUT2D eigenvalue weighted by atomic mass is 32.2. The van der Waals surface area contributed by atoms with Gasteiger partial charge >= 0.3 is 12.1 Å². The molecule has 1 saturated heterocycles. The first-order valence-corrected chi connectivity index (χ1v) is 12.2. The van der Waals surface area contributed by atoms with Crippen LogP contribution in [0.2, 0.25) is 0 Å². The van der Waals surface area contributed by atoms with E-state index in [9.17, 15) is 29.3 Å². The maximum Gasteiger partial charge on any atom is 0.509 e. The molecule has 0 N–H and O–H groups in total. The number of non-ortho nitro benzene ring substituents is 1. The predicted molar refractivity (Wildman–Crippen MR) is 130 cm³/mol. The van der Waals surface area contributed by atoms with E-state index >= 15 is 0 Å². The number of hydrogen-bond acceptors (Lipinski definition) is 10. The zero-order valence-corrected chi connectivity index (χ0v) is 20.4. The SMILES string of the molecule is CC1=C(C(=O)OCc2ccccc2)N2C(=O)[C@H](C(C=O)OC(=O)OCc3ccc([N+](=O)[O-])cc3)[C@@H]2SC1. The molecule has 0 spiro atoms. The number of carbonyl (C=O) groups excluding carboxylic acids is 4. The van der Waals surface area contributed by atoms with E-state index in [-0.39, 0.29) is 24.6 Å². The smallest absolute Gasteiger partial charge is 0.456 e. The van der Waals surface area contributed by atoms with Crippen molar-refractivity contribution >= 4 is 41.8 Å². The van der Waals surface area contributed by atoms with E-state index in [1.807, 2.05) is 30.3 Å². The molecule has 2 aliphatic heterocycles. The summed E-state index contributed by atoms with van der Waals surface area (Å²) in [6.45, 7) is 1.53. The standard InChI is InChI=1S/C25H22N2O9S/c1-15-14-37-23-20(22(29)26(23)21(15)24(30)34-12-16-5-3-2-4-6-16)19(11-28)36-25(31)35-13-17-7-9-18(10-8-17)27(32)33/h2-11,19-20,23H,12-14H2,1H3/t19?,20-,23-/m0/s1. The van der Waals surface area contributed by atoms with Crippen LogP contribution in [0.1, 0.15) is 18.1 Å². The number of β-lactam (4-membered cyclic amide) rings is 1. The minimum Gasteiger partial charge on any atom is -0.456 e. The van der Waals surface area contributed by atoms with E-state index in [0.717, 1.165) is 5.56 Å². The van der Waals surface area contributed by atoms with E-state index in [2.05, 4.69) is 0 Å². The molecule has 0 radical (unpaired) electrons. The summed E-state index contributed by atoms with van der Waals surface area (Å²) in [7, 11) is 0. The molecule has 0 aliphatic carbocycles. The Kier molecular flexibility index (Phi) is 7.87. The molecule has 37 heavy (non-hydrogen) atoms. The summed E-state index contributed by atoms with van der Waals surface area (Å²) in [5, 5.41) is 10.1. The molecule has 1 amide bonds. The topological polar surface area (TPSA) is 142 Å². The molecule has 1 fully saturated rings. The van der Waals surface area contributed by atoms with E-state index < -0.39 is 40.4 Å². The maximum atomic E-state index is 13.0. The minimum absolute atomic E-state index is 0.0421. The van der Waals surface area contributed by atoms with Gasteiger partial charge in [0, 0.05) is 17.9 Å². The van der Waals surface area contributed by atoms with E-state index in [1.165, 1.54) is 40.9 Å². The van der Waals surface area contributed by atoms with Gasteiger partial charge in [-0.1, -0.05) is 30.3 Å². The number of ether oxygens (including phenoxy) is 3. The van der Waals surface area contributed by atoms with Crippen LogP contribution in [-0.2, 0) is 41.8 Å². The lowest BCUT2D eigenvalue weighted by atomic mass is 9.90. The summed E-state index contributed by atoms with van der Waals surface area (Å²) in [5.74, 6) is -1.75. The number of aldehydes is 1. The third-order valence-electron chi connectivity index (χ3n) is 5.83. The van der Waals surface area contributed by atoms with Crippen molar-refractivity contribution in [1.29, 1.82) is 0 Å². The number of amides is 1. The Morgan fingerprint density at radius 2 is 1.76 bits per heavy atom. The highest BCUT2D eigenvalue weighted by Crippen LogP contribution is 2.45. The minimum atomic E-state index is -1.41. The summed E-state index contributed by atoms with van der Waals surface area (Å²) in [5.41, 5.74) is 1.95. The van der Waals surface area contributed by atoms with Crippen molar-refractivity contribution in [1.82, 2.24) is 4.90 Å². The normalized spacial score (nSPS) is 19.3. The van der Waals surface area contributed by atoms with Crippen molar-refractivity contribution in [3.8, 4) is 0 Å². The first-order valence-electron chi connectivity index (χ1n) is 11.2. The number of thioether (sulfide) groups is 1. The molecule has 0 bridgehead atoms. The van der Waals surface area contributed by atoms with Crippen molar-refractivity contribution in [2.24, 2.45) is 5.92 Å². The summed E-state index contributed by atoms with van der Waals surface area (Å²) >= 11 is 1.35. The Labute approximate surface area is 215 Å². The Bertz CT molecular complexity index is 1250. The number of fused-ring (bicyclic) bond motifs is 1. The summed E-state index contributed by atoms with van der Waals surface area (Å²) in [6, 6.07) is 14.5. The number of nitro benzene ring substituents is 1. The van der Waals surface area contributed by atoms with Crippen molar-refractivity contribution in [3.05, 3.63) is 87.1 Å². The first-order chi connectivity index (χ1) is 17.8. The quantitative estimate of drug-likeness (QED) is 0.157. The van der Waals surface area contributed by atoms with Gasteiger partial charge in [-0.3, -0.25) is 24.6 Å². The van der Waals surface area contributed by atoms with E-state index in [1.54, 1.807) is 6.92 Å². The number of rotatable bonds is 9. The zero-order chi connectivity index (χ0) is 26.5. The van der Waals surface area contributed by atoms with Crippen LogP contribution in [0.5, 0.6) is 0 Å². The molecule has 192 valence electrons. The average Bonchev–Trinajstić information content (AvgIpc) is 2.91. The molecule has 4 rings (SSSR count). The van der Waals surface area contributed by atoms with Gasteiger partial charge in [-0.05, 0) is 35.8 Å². The maximum absolute atomic E-state index is 13.0. The van der Waals surface area contributed by atoms with Gasteiger partial charge in [0.1, 0.15) is 24.8 Å².